The summed E-state index contributed by atoms with van der Waals surface area (Å²) >= 11 is 19.4. The number of sulfonamides is 1. The van der Waals surface area contributed by atoms with Gasteiger partial charge in [0.05, 0.1) is 27.0 Å². The van der Waals surface area contributed by atoms with Gasteiger partial charge >= 0.3 is 0 Å². The Morgan fingerprint density at radius 2 is 1.68 bits per heavy atom. The number of hydrogen-bond donors (Lipinski definition) is 2. The number of anilines is 2. The van der Waals surface area contributed by atoms with Crippen LogP contribution in [0, 0.1) is 6.92 Å². The molecule has 0 aliphatic rings. The zero-order valence-corrected chi connectivity index (χ0v) is 22.9. The van der Waals surface area contributed by atoms with Crippen LogP contribution in [-0.4, -0.2) is 24.1 Å². The fourth-order valence-corrected chi connectivity index (χ4v) is 6.63. The van der Waals surface area contributed by atoms with E-state index in [9.17, 15) is 13.2 Å². The maximum atomic E-state index is 13.1. The highest BCUT2D eigenvalue weighted by Crippen LogP contribution is 2.32. The van der Waals surface area contributed by atoms with Crippen molar-refractivity contribution >= 4 is 83.7 Å². The minimum Gasteiger partial charge on any atom is -0.321 e. The molecule has 0 saturated carbocycles. The SMILES string of the molecule is Cc1nn(-c2ccc(Cl)cc2)c2sc(C(=O)Nc3ccc(Cl)c(S(=O)(=O)Nc4cccc(Cl)c4)c3)cc12. The number of aromatic nitrogens is 2. The first-order valence-corrected chi connectivity index (χ1v) is 14.2. The molecule has 0 atom stereocenters. The number of amides is 1. The van der Waals surface area contributed by atoms with Gasteiger partial charge in [0.15, 0.2) is 0 Å². The number of fused-ring (bicyclic) bond motifs is 1. The minimum atomic E-state index is -4.05. The van der Waals surface area contributed by atoms with Gasteiger partial charge in [-0.25, -0.2) is 13.1 Å². The van der Waals surface area contributed by atoms with Crippen molar-refractivity contribution in [3.8, 4) is 5.69 Å². The third-order valence-corrected chi connectivity index (χ3v) is 8.85. The number of nitrogens with zero attached hydrogens (tertiary/aromatic N) is 2. The summed E-state index contributed by atoms with van der Waals surface area (Å²) in [5.41, 5.74) is 2.14. The molecule has 3 aromatic carbocycles. The molecule has 5 aromatic rings. The van der Waals surface area contributed by atoms with E-state index in [1.54, 1.807) is 41.1 Å². The number of benzene rings is 3. The van der Waals surface area contributed by atoms with Crippen LogP contribution in [0.25, 0.3) is 15.9 Å². The summed E-state index contributed by atoms with van der Waals surface area (Å²) in [7, 11) is -4.05. The highest BCUT2D eigenvalue weighted by molar-refractivity contribution is 7.92. The third-order valence-electron chi connectivity index (χ3n) is 5.40. The lowest BCUT2D eigenvalue weighted by Gasteiger charge is -2.12. The first-order chi connectivity index (χ1) is 17.6. The lowest BCUT2D eigenvalue weighted by Crippen LogP contribution is -2.15. The Labute approximate surface area is 231 Å². The van der Waals surface area contributed by atoms with Crippen LogP contribution in [0.1, 0.15) is 15.4 Å². The molecule has 2 aromatic heterocycles. The second-order valence-electron chi connectivity index (χ2n) is 8.02. The average molecular weight is 592 g/mol. The Balaban J connectivity index is 1.42. The first kappa shape index (κ1) is 25.6. The summed E-state index contributed by atoms with van der Waals surface area (Å²) in [5, 5.41) is 9.18. The highest BCUT2D eigenvalue weighted by Gasteiger charge is 2.21. The molecule has 0 radical (unpaired) electrons. The summed E-state index contributed by atoms with van der Waals surface area (Å²) in [6, 6.07) is 19.6. The molecule has 7 nitrogen and oxygen atoms in total. The predicted molar refractivity (Wildman–Crippen MR) is 150 cm³/mol. The van der Waals surface area contributed by atoms with Crippen LogP contribution < -0.4 is 10.0 Å². The van der Waals surface area contributed by atoms with E-state index >= 15 is 0 Å². The Kier molecular flexibility index (Phi) is 6.91. The highest BCUT2D eigenvalue weighted by atomic mass is 35.5. The Morgan fingerprint density at radius 3 is 2.41 bits per heavy atom. The summed E-state index contributed by atoms with van der Waals surface area (Å²) in [4.78, 5) is 14.2. The molecule has 0 fully saturated rings. The largest absolute Gasteiger partial charge is 0.321 e. The van der Waals surface area contributed by atoms with Gasteiger partial charge in [-0.1, -0.05) is 40.9 Å². The molecule has 1 amide bonds. The van der Waals surface area contributed by atoms with Crippen LogP contribution in [0.15, 0.2) is 77.7 Å². The van der Waals surface area contributed by atoms with E-state index < -0.39 is 15.9 Å². The van der Waals surface area contributed by atoms with E-state index in [0.717, 1.165) is 21.6 Å². The fourth-order valence-electron chi connectivity index (χ4n) is 3.66. The van der Waals surface area contributed by atoms with Gasteiger partial charge in [0, 0.05) is 21.1 Å². The van der Waals surface area contributed by atoms with Gasteiger partial charge in [0.1, 0.15) is 9.73 Å². The molecule has 37 heavy (non-hydrogen) atoms. The van der Waals surface area contributed by atoms with Crippen LogP contribution in [0.2, 0.25) is 15.1 Å². The maximum absolute atomic E-state index is 13.1. The topological polar surface area (TPSA) is 93.1 Å². The fraction of sp³-hybridized carbons (Fsp3) is 0.0400. The molecule has 0 aliphatic heterocycles. The number of rotatable bonds is 6. The van der Waals surface area contributed by atoms with Crippen LogP contribution >= 0.6 is 46.1 Å². The second kappa shape index (κ2) is 10.00. The minimum absolute atomic E-state index is 0.00747. The van der Waals surface area contributed by atoms with Crippen LogP contribution in [-0.2, 0) is 10.0 Å². The molecule has 188 valence electrons. The normalized spacial score (nSPS) is 11.6. The Hall–Kier alpha value is -3.08. The van der Waals surface area contributed by atoms with Crippen molar-refractivity contribution < 1.29 is 13.2 Å². The van der Waals surface area contributed by atoms with E-state index in [-0.39, 0.29) is 21.3 Å². The summed E-state index contributed by atoms with van der Waals surface area (Å²) in [6.45, 7) is 1.87. The van der Waals surface area contributed by atoms with Gasteiger partial charge in [-0.3, -0.25) is 9.52 Å². The number of nitrogens with one attached hydrogen (secondary N) is 2. The smallest absolute Gasteiger partial charge is 0.265 e. The van der Waals surface area contributed by atoms with Crippen LogP contribution in [0.4, 0.5) is 11.4 Å². The molecule has 2 heterocycles. The van der Waals surface area contributed by atoms with Gasteiger partial charge in [-0.05, 0) is 73.7 Å². The number of thiophene rings is 1. The van der Waals surface area contributed by atoms with E-state index in [1.807, 2.05) is 19.1 Å². The van der Waals surface area contributed by atoms with Crippen molar-refractivity contribution in [2.45, 2.75) is 11.8 Å². The second-order valence-corrected chi connectivity index (χ2v) is 12.0. The molecular weight excluding hydrogens is 575 g/mol. The predicted octanol–water partition coefficient (Wildman–Crippen LogP) is 7.41. The Morgan fingerprint density at radius 1 is 0.919 bits per heavy atom. The zero-order valence-electron chi connectivity index (χ0n) is 19.0. The van der Waals surface area contributed by atoms with E-state index in [1.165, 1.54) is 35.6 Å². The molecule has 2 N–H and O–H groups in total. The van der Waals surface area contributed by atoms with Crippen molar-refractivity contribution in [1.82, 2.24) is 9.78 Å². The quantitative estimate of drug-likeness (QED) is 0.215. The van der Waals surface area contributed by atoms with Crippen molar-refractivity contribution in [1.29, 1.82) is 0 Å². The van der Waals surface area contributed by atoms with Gasteiger partial charge in [0.2, 0.25) is 0 Å². The molecule has 0 saturated heterocycles. The lowest BCUT2D eigenvalue weighted by molar-refractivity contribution is 0.103. The molecule has 0 unspecified atom stereocenters. The van der Waals surface area contributed by atoms with Gasteiger partial charge in [-0.2, -0.15) is 5.10 Å². The van der Waals surface area contributed by atoms with Gasteiger partial charge in [0.25, 0.3) is 15.9 Å². The van der Waals surface area contributed by atoms with E-state index in [2.05, 4.69) is 15.1 Å². The van der Waals surface area contributed by atoms with E-state index in [4.69, 9.17) is 34.8 Å². The molecule has 12 heteroatoms. The average Bonchev–Trinajstić information content (AvgIpc) is 3.41. The monoisotopic (exact) mass is 590 g/mol. The molecule has 5 rings (SSSR count). The number of halogens is 3. The van der Waals surface area contributed by atoms with Crippen molar-refractivity contribution in [2.75, 3.05) is 10.0 Å². The lowest BCUT2D eigenvalue weighted by atomic mass is 10.3. The zero-order chi connectivity index (χ0) is 26.3. The summed E-state index contributed by atoms with van der Waals surface area (Å²) in [6.07, 6.45) is 0. The standard InChI is InChI=1S/C25H17Cl3N4O3S2/c1-14-20-13-22(36-25(20)32(30-14)19-8-5-15(26)6-9-19)24(33)29-17-7-10-21(28)23(12-17)37(34,35)31-18-4-2-3-16(27)11-18/h2-13,31H,1H3,(H,29,33). The molecular formula is C25H17Cl3N4O3S2. The van der Waals surface area contributed by atoms with Crippen molar-refractivity contribution in [2.24, 2.45) is 0 Å². The van der Waals surface area contributed by atoms with E-state index in [0.29, 0.717) is 14.9 Å². The van der Waals surface area contributed by atoms with Gasteiger partial charge < -0.3 is 5.32 Å². The molecule has 0 spiro atoms. The number of carbonyl (C=O) groups is 1. The Bertz CT molecular complexity index is 1760. The number of aryl methyl sites for hydroxylation is 1. The van der Waals surface area contributed by atoms with Crippen LogP contribution in [0.3, 0.4) is 0 Å². The van der Waals surface area contributed by atoms with Crippen LogP contribution in [0.5, 0.6) is 0 Å². The van der Waals surface area contributed by atoms with Gasteiger partial charge in [-0.15, -0.1) is 11.3 Å². The third kappa shape index (κ3) is 5.32. The summed E-state index contributed by atoms with van der Waals surface area (Å²) in [5.74, 6) is -0.392. The van der Waals surface area contributed by atoms with Crippen molar-refractivity contribution in [3.63, 3.8) is 0 Å². The number of hydrogen-bond acceptors (Lipinski definition) is 5. The molecule has 0 bridgehead atoms. The summed E-state index contributed by atoms with van der Waals surface area (Å²) < 4.78 is 30.2. The number of carbonyl (C=O) groups excluding carboxylic acids is 1. The molecule has 0 aliphatic carbocycles. The first-order valence-electron chi connectivity index (χ1n) is 10.7. The maximum Gasteiger partial charge on any atom is 0.265 e. The van der Waals surface area contributed by atoms with Crippen molar-refractivity contribution in [3.05, 3.63) is 98.4 Å².